The predicted molar refractivity (Wildman–Crippen MR) is 104 cm³/mol. The van der Waals surface area contributed by atoms with Gasteiger partial charge in [0.2, 0.25) is 0 Å². The van der Waals surface area contributed by atoms with E-state index >= 15 is 0 Å². The molecule has 0 saturated heterocycles. The van der Waals surface area contributed by atoms with Crippen LogP contribution in [-0.4, -0.2) is 29.9 Å². The first kappa shape index (κ1) is 19.9. The van der Waals surface area contributed by atoms with E-state index < -0.39 is 0 Å². The van der Waals surface area contributed by atoms with Gasteiger partial charge in [-0.05, 0) is 48.6 Å². The number of hydrogen-bond donors (Lipinski definition) is 2. The van der Waals surface area contributed by atoms with Gasteiger partial charge in [-0.3, -0.25) is 14.6 Å². The standard InChI is InChI=1S/C20H24ClN3O2/c1-14(2)6-9-24-20(26)18-13-16(8-11-22-18)19(25)23-10-7-15-4-3-5-17(21)12-15/h3-5,8,11-14H,6-7,9-10H2,1-2H3,(H,23,25)(H,24,26). The number of nitrogens with one attached hydrogen (secondary N) is 2. The van der Waals surface area contributed by atoms with Gasteiger partial charge in [0, 0.05) is 29.9 Å². The van der Waals surface area contributed by atoms with Crippen molar-refractivity contribution in [1.82, 2.24) is 15.6 Å². The lowest BCUT2D eigenvalue weighted by atomic mass is 10.1. The summed E-state index contributed by atoms with van der Waals surface area (Å²) in [6.07, 6.45) is 3.05. The molecular weight excluding hydrogens is 350 g/mol. The molecule has 0 aliphatic rings. The minimum absolute atomic E-state index is 0.231. The van der Waals surface area contributed by atoms with Gasteiger partial charge in [-0.2, -0.15) is 0 Å². The third-order valence-corrected chi connectivity index (χ3v) is 4.09. The molecule has 138 valence electrons. The van der Waals surface area contributed by atoms with E-state index in [9.17, 15) is 9.59 Å². The second-order valence-electron chi connectivity index (χ2n) is 6.50. The molecule has 5 nitrogen and oxygen atoms in total. The summed E-state index contributed by atoms with van der Waals surface area (Å²) >= 11 is 5.95. The number of carbonyl (C=O) groups is 2. The van der Waals surface area contributed by atoms with E-state index in [0.717, 1.165) is 12.0 Å². The summed E-state index contributed by atoms with van der Waals surface area (Å²) in [4.78, 5) is 28.4. The molecular formula is C20H24ClN3O2. The minimum Gasteiger partial charge on any atom is -0.352 e. The lowest BCUT2D eigenvalue weighted by Gasteiger charge is -2.08. The van der Waals surface area contributed by atoms with Gasteiger partial charge in [0.05, 0.1) is 0 Å². The molecule has 0 aliphatic heterocycles. The Morgan fingerprint density at radius 3 is 2.58 bits per heavy atom. The van der Waals surface area contributed by atoms with Gasteiger partial charge in [-0.15, -0.1) is 0 Å². The molecule has 2 aromatic rings. The highest BCUT2D eigenvalue weighted by atomic mass is 35.5. The summed E-state index contributed by atoms with van der Waals surface area (Å²) in [5.41, 5.74) is 1.72. The summed E-state index contributed by atoms with van der Waals surface area (Å²) in [6, 6.07) is 10.6. The molecule has 2 amide bonds. The third kappa shape index (κ3) is 6.48. The van der Waals surface area contributed by atoms with E-state index in [1.54, 1.807) is 6.07 Å². The van der Waals surface area contributed by atoms with Crippen LogP contribution in [0.15, 0.2) is 42.6 Å². The average molecular weight is 374 g/mol. The molecule has 0 unspecified atom stereocenters. The molecule has 2 N–H and O–H groups in total. The Morgan fingerprint density at radius 1 is 1.08 bits per heavy atom. The third-order valence-electron chi connectivity index (χ3n) is 3.85. The number of halogens is 1. The van der Waals surface area contributed by atoms with Gasteiger partial charge in [0.1, 0.15) is 5.69 Å². The van der Waals surface area contributed by atoms with E-state index in [4.69, 9.17) is 11.6 Å². The van der Waals surface area contributed by atoms with Crippen molar-refractivity contribution in [2.24, 2.45) is 5.92 Å². The molecule has 0 bridgehead atoms. The highest BCUT2D eigenvalue weighted by Crippen LogP contribution is 2.11. The average Bonchev–Trinajstić information content (AvgIpc) is 2.61. The second kappa shape index (κ2) is 9.92. The molecule has 0 fully saturated rings. The molecule has 1 aromatic carbocycles. The number of pyridine rings is 1. The molecule has 1 aromatic heterocycles. The Kier molecular flexibility index (Phi) is 7.60. The van der Waals surface area contributed by atoms with Crippen molar-refractivity contribution in [2.45, 2.75) is 26.7 Å². The molecule has 0 aliphatic carbocycles. The molecule has 0 spiro atoms. The van der Waals surface area contributed by atoms with Gasteiger partial charge in [0.25, 0.3) is 11.8 Å². The maximum Gasteiger partial charge on any atom is 0.269 e. The summed E-state index contributed by atoms with van der Waals surface area (Å²) in [5.74, 6) is 0.0183. The maximum absolute atomic E-state index is 12.3. The fourth-order valence-electron chi connectivity index (χ4n) is 2.38. The second-order valence-corrected chi connectivity index (χ2v) is 6.94. The molecule has 2 rings (SSSR count). The summed E-state index contributed by atoms with van der Waals surface area (Å²) in [7, 11) is 0. The Hall–Kier alpha value is -2.40. The number of benzene rings is 1. The van der Waals surface area contributed by atoms with Crippen molar-refractivity contribution in [3.05, 3.63) is 64.4 Å². The highest BCUT2D eigenvalue weighted by Gasteiger charge is 2.11. The van der Waals surface area contributed by atoms with Gasteiger partial charge in [0.15, 0.2) is 0 Å². The fraction of sp³-hybridized carbons (Fsp3) is 0.350. The summed E-state index contributed by atoms with van der Waals surface area (Å²) in [5, 5.41) is 6.35. The smallest absolute Gasteiger partial charge is 0.269 e. The monoisotopic (exact) mass is 373 g/mol. The lowest BCUT2D eigenvalue weighted by Crippen LogP contribution is -2.28. The van der Waals surface area contributed by atoms with Crippen molar-refractivity contribution in [2.75, 3.05) is 13.1 Å². The van der Waals surface area contributed by atoms with Crippen LogP contribution >= 0.6 is 11.6 Å². The van der Waals surface area contributed by atoms with E-state index in [0.29, 0.717) is 36.0 Å². The normalized spacial score (nSPS) is 10.6. The predicted octanol–water partition coefficient (Wildman–Crippen LogP) is 3.48. The van der Waals surface area contributed by atoms with Gasteiger partial charge >= 0.3 is 0 Å². The first-order chi connectivity index (χ1) is 12.5. The molecule has 0 atom stereocenters. The zero-order valence-electron chi connectivity index (χ0n) is 15.1. The number of hydrogen-bond acceptors (Lipinski definition) is 3. The van der Waals surface area contributed by atoms with E-state index in [-0.39, 0.29) is 17.5 Å². The van der Waals surface area contributed by atoms with Crippen LogP contribution in [0.1, 0.15) is 46.7 Å². The van der Waals surface area contributed by atoms with Crippen molar-refractivity contribution >= 4 is 23.4 Å². The van der Waals surface area contributed by atoms with E-state index in [1.807, 2.05) is 24.3 Å². The molecule has 1 heterocycles. The van der Waals surface area contributed by atoms with Crippen LogP contribution in [0.3, 0.4) is 0 Å². The molecule has 0 radical (unpaired) electrons. The zero-order chi connectivity index (χ0) is 18.9. The SMILES string of the molecule is CC(C)CCNC(=O)c1cc(C(=O)NCCc2cccc(Cl)c2)ccn1. The van der Waals surface area contributed by atoms with Gasteiger partial charge in [-0.1, -0.05) is 37.6 Å². The summed E-state index contributed by atoms with van der Waals surface area (Å²) < 4.78 is 0. The minimum atomic E-state index is -0.265. The fourth-order valence-corrected chi connectivity index (χ4v) is 2.59. The van der Waals surface area contributed by atoms with Crippen molar-refractivity contribution in [1.29, 1.82) is 0 Å². The lowest BCUT2D eigenvalue weighted by molar-refractivity contribution is 0.0947. The van der Waals surface area contributed by atoms with Crippen LogP contribution in [0, 0.1) is 5.92 Å². The first-order valence-corrected chi connectivity index (χ1v) is 9.10. The van der Waals surface area contributed by atoms with Crippen LogP contribution in [-0.2, 0) is 6.42 Å². The van der Waals surface area contributed by atoms with E-state index in [2.05, 4.69) is 29.5 Å². The zero-order valence-corrected chi connectivity index (χ0v) is 15.8. The Bertz CT molecular complexity index is 762. The number of aromatic nitrogens is 1. The number of rotatable bonds is 8. The topological polar surface area (TPSA) is 71.1 Å². The number of carbonyl (C=O) groups excluding carboxylic acids is 2. The van der Waals surface area contributed by atoms with Gasteiger partial charge in [-0.25, -0.2) is 0 Å². The Balaban J connectivity index is 1.87. The quantitative estimate of drug-likeness (QED) is 0.744. The Labute approximate surface area is 159 Å². The number of nitrogens with zero attached hydrogens (tertiary/aromatic N) is 1. The van der Waals surface area contributed by atoms with Crippen LogP contribution in [0.5, 0.6) is 0 Å². The highest BCUT2D eigenvalue weighted by molar-refractivity contribution is 6.30. The van der Waals surface area contributed by atoms with Gasteiger partial charge < -0.3 is 10.6 Å². The van der Waals surface area contributed by atoms with Crippen LogP contribution in [0.4, 0.5) is 0 Å². The molecule has 26 heavy (non-hydrogen) atoms. The van der Waals surface area contributed by atoms with Crippen molar-refractivity contribution < 1.29 is 9.59 Å². The summed E-state index contributed by atoms with van der Waals surface area (Å²) in [6.45, 7) is 5.27. The Morgan fingerprint density at radius 2 is 1.85 bits per heavy atom. The number of amides is 2. The van der Waals surface area contributed by atoms with E-state index in [1.165, 1.54) is 12.3 Å². The molecule has 6 heteroatoms. The first-order valence-electron chi connectivity index (χ1n) is 8.72. The largest absolute Gasteiger partial charge is 0.352 e. The van der Waals surface area contributed by atoms with Crippen molar-refractivity contribution in [3.8, 4) is 0 Å². The van der Waals surface area contributed by atoms with Crippen molar-refractivity contribution in [3.63, 3.8) is 0 Å². The molecule has 0 saturated carbocycles. The van der Waals surface area contributed by atoms with Crippen LogP contribution in [0.25, 0.3) is 0 Å². The van der Waals surface area contributed by atoms with Crippen LogP contribution < -0.4 is 10.6 Å². The maximum atomic E-state index is 12.3. The van der Waals surface area contributed by atoms with Crippen LogP contribution in [0.2, 0.25) is 5.02 Å².